The quantitative estimate of drug-likeness (QED) is 0.637. The summed E-state index contributed by atoms with van der Waals surface area (Å²) in [6, 6.07) is 11.2. The van der Waals surface area contributed by atoms with Gasteiger partial charge in [0.1, 0.15) is 17.1 Å². The summed E-state index contributed by atoms with van der Waals surface area (Å²) >= 11 is 0. The summed E-state index contributed by atoms with van der Waals surface area (Å²) in [6.07, 6.45) is 0.737. The third kappa shape index (κ3) is 4.73. The van der Waals surface area contributed by atoms with E-state index in [1.54, 1.807) is 36.1 Å². The van der Waals surface area contributed by atoms with Crippen LogP contribution in [0.1, 0.15) is 41.6 Å². The first-order chi connectivity index (χ1) is 14.2. The SMILES string of the molecule is CCCS(=O)(=O)Oc1ccc(N2CC(c3ccc(C(=O)O)c(OC)c3)CC2=O)cc1. The minimum Gasteiger partial charge on any atom is -0.496 e. The Labute approximate surface area is 175 Å². The summed E-state index contributed by atoms with van der Waals surface area (Å²) < 4.78 is 33.8. The largest absolute Gasteiger partial charge is 0.496 e. The van der Waals surface area contributed by atoms with Crippen LogP contribution >= 0.6 is 0 Å². The van der Waals surface area contributed by atoms with Gasteiger partial charge in [0.15, 0.2) is 0 Å². The zero-order valence-electron chi connectivity index (χ0n) is 16.7. The second-order valence-electron chi connectivity index (χ2n) is 7.01. The maximum Gasteiger partial charge on any atom is 0.339 e. The Kier molecular flexibility index (Phi) is 6.31. The molecule has 30 heavy (non-hydrogen) atoms. The van der Waals surface area contributed by atoms with Crippen LogP contribution in [0.3, 0.4) is 0 Å². The molecule has 8 nitrogen and oxygen atoms in total. The van der Waals surface area contributed by atoms with E-state index in [1.165, 1.54) is 25.3 Å². The van der Waals surface area contributed by atoms with Crippen LogP contribution in [0.5, 0.6) is 11.5 Å². The summed E-state index contributed by atoms with van der Waals surface area (Å²) in [5, 5.41) is 9.22. The Morgan fingerprint density at radius 3 is 2.50 bits per heavy atom. The molecule has 0 bridgehead atoms. The molecule has 1 amide bonds. The summed E-state index contributed by atoms with van der Waals surface area (Å²) in [5.41, 5.74) is 1.52. The molecule has 2 aromatic rings. The van der Waals surface area contributed by atoms with Crippen LogP contribution in [0.25, 0.3) is 0 Å². The van der Waals surface area contributed by atoms with Crippen molar-refractivity contribution in [2.75, 3.05) is 24.3 Å². The molecule has 9 heteroatoms. The molecule has 0 aliphatic carbocycles. The number of nitrogens with zero attached hydrogens (tertiary/aromatic N) is 1. The Bertz CT molecular complexity index is 1050. The number of carboxylic acid groups (broad SMARTS) is 1. The number of benzene rings is 2. The predicted octanol–water partition coefficient (Wildman–Crippen LogP) is 3.03. The highest BCUT2D eigenvalue weighted by molar-refractivity contribution is 7.87. The smallest absolute Gasteiger partial charge is 0.339 e. The van der Waals surface area contributed by atoms with Crippen molar-refractivity contribution in [3.63, 3.8) is 0 Å². The average Bonchev–Trinajstić information content (AvgIpc) is 3.09. The van der Waals surface area contributed by atoms with E-state index in [-0.39, 0.29) is 41.1 Å². The number of hydrogen-bond donors (Lipinski definition) is 1. The van der Waals surface area contributed by atoms with Gasteiger partial charge in [0, 0.05) is 24.6 Å². The molecule has 1 aliphatic heterocycles. The molecule has 1 aliphatic rings. The molecule has 1 heterocycles. The summed E-state index contributed by atoms with van der Waals surface area (Å²) in [4.78, 5) is 25.4. The van der Waals surface area contributed by atoms with Gasteiger partial charge < -0.3 is 18.9 Å². The van der Waals surface area contributed by atoms with Crippen LogP contribution < -0.4 is 13.8 Å². The zero-order chi connectivity index (χ0) is 21.9. The van der Waals surface area contributed by atoms with E-state index in [0.717, 1.165) is 5.56 Å². The lowest BCUT2D eigenvalue weighted by Gasteiger charge is -2.18. The molecular weight excluding hydrogens is 410 g/mol. The number of carbonyl (C=O) groups excluding carboxylic acids is 1. The van der Waals surface area contributed by atoms with Gasteiger partial charge in [0.25, 0.3) is 0 Å². The van der Waals surface area contributed by atoms with E-state index >= 15 is 0 Å². The zero-order valence-corrected chi connectivity index (χ0v) is 17.5. The van der Waals surface area contributed by atoms with Crippen molar-refractivity contribution < 1.29 is 32.0 Å². The lowest BCUT2D eigenvalue weighted by molar-refractivity contribution is -0.117. The topological polar surface area (TPSA) is 110 Å². The van der Waals surface area contributed by atoms with Crippen molar-refractivity contribution >= 4 is 27.7 Å². The minimum atomic E-state index is -3.62. The molecular formula is C21H23NO7S. The van der Waals surface area contributed by atoms with Crippen LogP contribution in [0.4, 0.5) is 5.69 Å². The van der Waals surface area contributed by atoms with Crippen molar-refractivity contribution in [3.05, 3.63) is 53.6 Å². The number of hydrogen-bond acceptors (Lipinski definition) is 6. The van der Waals surface area contributed by atoms with Crippen LogP contribution in [-0.4, -0.2) is 44.8 Å². The first kappa shape index (κ1) is 21.6. The van der Waals surface area contributed by atoms with Crippen LogP contribution in [0, 0.1) is 0 Å². The Balaban J connectivity index is 1.75. The summed E-state index contributed by atoms with van der Waals surface area (Å²) in [6.45, 7) is 2.17. The van der Waals surface area contributed by atoms with Gasteiger partial charge in [0.05, 0.1) is 12.9 Å². The monoisotopic (exact) mass is 433 g/mol. The van der Waals surface area contributed by atoms with E-state index in [2.05, 4.69) is 0 Å². The van der Waals surface area contributed by atoms with Crippen molar-refractivity contribution in [2.24, 2.45) is 0 Å². The molecule has 0 aromatic heterocycles. The van der Waals surface area contributed by atoms with Gasteiger partial charge in [-0.15, -0.1) is 0 Å². The highest BCUT2D eigenvalue weighted by Crippen LogP contribution is 2.34. The second-order valence-corrected chi connectivity index (χ2v) is 8.70. The normalized spacial score (nSPS) is 16.5. The first-order valence-electron chi connectivity index (χ1n) is 9.48. The van der Waals surface area contributed by atoms with E-state index in [9.17, 15) is 23.1 Å². The van der Waals surface area contributed by atoms with Gasteiger partial charge in [-0.2, -0.15) is 8.42 Å². The number of rotatable bonds is 8. The summed E-state index contributed by atoms with van der Waals surface area (Å²) in [7, 11) is -2.22. The number of anilines is 1. The summed E-state index contributed by atoms with van der Waals surface area (Å²) in [5.74, 6) is -0.884. The van der Waals surface area contributed by atoms with Crippen LogP contribution in [-0.2, 0) is 14.9 Å². The van der Waals surface area contributed by atoms with Gasteiger partial charge in [-0.25, -0.2) is 4.79 Å². The number of amides is 1. The van der Waals surface area contributed by atoms with Gasteiger partial charge >= 0.3 is 16.1 Å². The van der Waals surface area contributed by atoms with Crippen molar-refractivity contribution in [1.82, 2.24) is 0 Å². The standard InChI is InChI=1S/C21H23NO7S/c1-3-10-30(26,27)29-17-7-5-16(6-8-17)22-13-15(12-20(22)23)14-4-9-18(21(24)25)19(11-14)28-2/h4-9,11,15H,3,10,12-13H2,1-2H3,(H,24,25). The molecule has 0 spiro atoms. The highest BCUT2D eigenvalue weighted by Gasteiger charge is 2.32. The Morgan fingerprint density at radius 1 is 1.20 bits per heavy atom. The Hall–Kier alpha value is -3.07. The number of carbonyl (C=O) groups is 2. The van der Waals surface area contributed by atoms with Gasteiger partial charge in [-0.1, -0.05) is 13.0 Å². The maximum atomic E-state index is 12.6. The first-order valence-corrected chi connectivity index (χ1v) is 11.1. The molecule has 1 unspecified atom stereocenters. The molecule has 1 N–H and O–H groups in total. The average molecular weight is 433 g/mol. The molecule has 1 saturated heterocycles. The molecule has 2 aromatic carbocycles. The fourth-order valence-electron chi connectivity index (χ4n) is 3.44. The fourth-order valence-corrected chi connectivity index (χ4v) is 4.43. The number of ether oxygens (including phenoxy) is 1. The molecule has 0 radical (unpaired) electrons. The van der Waals surface area contributed by atoms with Gasteiger partial charge in [0.2, 0.25) is 5.91 Å². The number of aromatic carboxylic acids is 1. The second kappa shape index (κ2) is 8.74. The molecule has 1 atom stereocenters. The van der Waals surface area contributed by atoms with Gasteiger partial charge in [-0.05, 0) is 48.4 Å². The number of carboxylic acids is 1. The van der Waals surface area contributed by atoms with E-state index in [4.69, 9.17) is 8.92 Å². The minimum absolute atomic E-state index is 0.0643. The lowest BCUT2D eigenvalue weighted by atomic mass is 9.96. The Morgan fingerprint density at radius 2 is 1.90 bits per heavy atom. The molecule has 3 rings (SSSR count). The van der Waals surface area contributed by atoms with Crippen molar-refractivity contribution in [1.29, 1.82) is 0 Å². The highest BCUT2D eigenvalue weighted by atomic mass is 32.2. The fraction of sp³-hybridized carbons (Fsp3) is 0.333. The van der Waals surface area contributed by atoms with Crippen LogP contribution in [0.15, 0.2) is 42.5 Å². The molecule has 0 saturated carbocycles. The van der Waals surface area contributed by atoms with Crippen molar-refractivity contribution in [3.8, 4) is 11.5 Å². The third-order valence-electron chi connectivity index (χ3n) is 4.88. The molecule has 1 fully saturated rings. The molecule has 160 valence electrons. The van der Waals surface area contributed by atoms with E-state index in [0.29, 0.717) is 18.7 Å². The predicted molar refractivity (Wildman–Crippen MR) is 111 cm³/mol. The lowest BCUT2D eigenvalue weighted by Crippen LogP contribution is -2.24. The van der Waals surface area contributed by atoms with E-state index < -0.39 is 16.1 Å². The van der Waals surface area contributed by atoms with Gasteiger partial charge in [-0.3, -0.25) is 4.79 Å². The number of methoxy groups -OCH3 is 1. The third-order valence-corrected chi connectivity index (χ3v) is 6.23. The van der Waals surface area contributed by atoms with Crippen molar-refractivity contribution in [2.45, 2.75) is 25.7 Å². The van der Waals surface area contributed by atoms with E-state index in [1.807, 2.05) is 0 Å². The van der Waals surface area contributed by atoms with Crippen LogP contribution in [0.2, 0.25) is 0 Å². The maximum absolute atomic E-state index is 12.6.